The van der Waals surface area contributed by atoms with Gasteiger partial charge in [0.15, 0.2) is 0 Å². The zero-order chi connectivity index (χ0) is 13.0. The van der Waals surface area contributed by atoms with E-state index in [9.17, 15) is 0 Å². The van der Waals surface area contributed by atoms with Crippen molar-refractivity contribution >= 4 is 39.3 Å². The number of hydrogen-bond donors (Lipinski definition) is 0. The molecule has 0 atom stereocenters. The molecule has 0 bridgehead atoms. The van der Waals surface area contributed by atoms with Gasteiger partial charge in [0.05, 0.1) is 5.52 Å². The SMILES string of the molecule is CCCCN(CC)c1ncnc2ccc(I)cc12. The molecule has 0 saturated carbocycles. The quantitative estimate of drug-likeness (QED) is 0.763. The normalized spacial score (nSPS) is 10.8. The molecule has 0 saturated heterocycles. The summed E-state index contributed by atoms with van der Waals surface area (Å²) in [6.45, 7) is 6.44. The van der Waals surface area contributed by atoms with E-state index in [2.05, 4.69) is 69.5 Å². The van der Waals surface area contributed by atoms with Crippen LogP contribution < -0.4 is 4.90 Å². The molecule has 0 spiro atoms. The van der Waals surface area contributed by atoms with Crippen LogP contribution in [0.15, 0.2) is 24.5 Å². The highest BCUT2D eigenvalue weighted by molar-refractivity contribution is 14.1. The number of rotatable bonds is 5. The minimum atomic E-state index is 0.984. The van der Waals surface area contributed by atoms with Crippen molar-refractivity contribution in [2.45, 2.75) is 26.7 Å². The summed E-state index contributed by atoms with van der Waals surface area (Å²) in [7, 11) is 0. The maximum atomic E-state index is 4.48. The predicted molar refractivity (Wildman–Crippen MR) is 85.1 cm³/mol. The molecular formula is C14H18IN3. The van der Waals surface area contributed by atoms with Gasteiger partial charge in [-0.1, -0.05) is 13.3 Å². The largest absolute Gasteiger partial charge is 0.356 e. The van der Waals surface area contributed by atoms with Gasteiger partial charge in [-0.3, -0.25) is 0 Å². The Balaban J connectivity index is 2.44. The van der Waals surface area contributed by atoms with E-state index in [1.807, 2.05) is 0 Å². The van der Waals surface area contributed by atoms with Crippen LogP contribution in [-0.2, 0) is 0 Å². The van der Waals surface area contributed by atoms with Crippen LogP contribution in [0.4, 0.5) is 5.82 Å². The average Bonchev–Trinajstić information content (AvgIpc) is 2.40. The highest BCUT2D eigenvalue weighted by Crippen LogP contribution is 2.24. The monoisotopic (exact) mass is 355 g/mol. The molecule has 18 heavy (non-hydrogen) atoms. The molecule has 1 aromatic carbocycles. The molecule has 0 N–H and O–H groups in total. The summed E-state index contributed by atoms with van der Waals surface area (Å²) in [6, 6.07) is 6.32. The number of halogens is 1. The van der Waals surface area contributed by atoms with Crippen LogP contribution in [0.2, 0.25) is 0 Å². The standard InChI is InChI=1S/C14H18IN3/c1-3-5-8-18(4-2)14-12-9-11(15)6-7-13(12)16-10-17-14/h6-7,9-10H,3-5,8H2,1-2H3. The van der Waals surface area contributed by atoms with Crippen LogP contribution >= 0.6 is 22.6 Å². The Labute approximate surface area is 122 Å². The molecule has 0 aliphatic heterocycles. The average molecular weight is 355 g/mol. The number of nitrogens with zero attached hydrogens (tertiary/aromatic N) is 3. The van der Waals surface area contributed by atoms with Crippen LogP contribution in [0.5, 0.6) is 0 Å². The predicted octanol–water partition coefficient (Wildman–Crippen LogP) is 3.86. The second-order valence-corrected chi connectivity index (χ2v) is 5.54. The van der Waals surface area contributed by atoms with Crippen molar-refractivity contribution in [2.75, 3.05) is 18.0 Å². The van der Waals surface area contributed by atoms with Gasteiger partial charge < -0.3 is 4.90 Å². The van der Waals surface area contributed by atoms with Gasteiger partial charge >= 0.3 is 0 Å². The third kappa shape index (κ3) is 2.91. The Morgan fingerprint density at radius 3 is 2.78 bits per heavy atom. The molecule has 96 valence electrons. The fourth-order valence-corrected chi connectivity index (χ4v) is 2.52. The Morgan fingerprint density at radius 1 is 1.22 bits per heavy atom. The summed E-state index contributed by atoms with van der Waals surface area (Å²) in [5.41, 5.74) is 1.02. The Hall–Kier alpha value is -0.910. The summed E-state index contributed by atoms with van der Waals surface area (Å²) >= 11 is 2.33. The summed E-state index contributed by atoms with van der Waals surface area (Å²) in [4.78, 5) is 11.2. The van der Waals surface area contributed by atoms with Crippen molar-refractivity contribution in [1.29, 1.82) is 0 Å². The first kappa shape index (κ1) is 13.5. The maximum Gasteiger partial charge on any atom is 0.139 e. The zero-order valence-corrected chi connectivity index (χ0v) is 13.0. The van der Waals surface area contributed by atoms with Crippen molar-refractivity contribution in [3.8, 4) is 0 Å². The van der Waals surface area contributed by atoms with Crippen molar-refractivity contribution in [1.82, 2.24) is 9.97 Å². The molecule has 2 aromatic rings. The first-order valence-corrected chi connectivity index (χ1v) is 7.49. The Bertz CT molecular complexity index is 527. The molecule has 2 rings (SSSR count). The summed E-state index contributed by atoms with van der Waals surface area (Å²) < 4.78 is 1.22. The molecule has 0 fully saturated rings. The van der Waals surface area contributed by atoms with E-state index in [0.29, 0.717) is 0 Å². The van der Waals surface area contributed by atoms with E-state index in [4.69, 9.17) is 0 Å². The van der Waals surface area contributed by atoms with Gasteiger partial charge in [0, 0.05) is 22.0 Å². The van der Waals surface area contributed by atoms with Crippen LogP contribution in [0.1, 0.15) is 26.7 Å². The first-order valence-electron chi connectivity index (χ1n) is 6.41. The Morgan fingerprint density at radius 2 is 2.06 bits per heavy atom. The number of fused-ring (bicyclic) bond motifs is 1. The number of hydrogen-bond acceptors (Lipinski definition) is 3. The van der Waals surface area contributed by atoms with Crippen molar-refractivity contribution < 1.29 is 0 Å². The summed E-state index contributed by atoms with van der Waals surface area (Å²) in [5, 5.41) is 1.15. The minimum Gasteiger partial charge on any atom is -0.356 e. The second kappa shape index (κ2) is 6.31. The third-order valence-electron chi connectivity index (χ3n) is 3.04. The molecule has 4 heteroatoms. The van der Waals surface area contributed by atoms with E-state index >= 15 is 0 Å². The molecular weight excluding hydrogens is 337 g/mol. The van der Waals surface area contributed by atoms with Crippen molar-refractivity contribution in [3.05, 3.63) is 28.1 Å². The van der Waals surface area contributed by atoms with Gasteiger partial charge in [-0.25, -0.2) is 9.97 Å². The second-order valence-electron chi connectivity index (χ2n) is 4.29. The molecule has 0 aliphatic rings. The van der Waals surface area contributed by atoms with E-state index in [1.165, 1.54) is 16.4 Å². The van der Waals surface area contributed by atoms with Gasteiger partial charge in [0.25, 0.3) is 0 Å². The lowest BCUT2D eigenvalue weighted by Gasteiger charge is -2.22. The smallest absolute Gasteiger partial charge is 0.139 e. The highest BCUT2D eigenvalue weighted by atomic mass is 127. The van der Waals surface area contributed by atoms with Crippen LogP contribution in [0, 0.1) is 3.57 Å². The van der Waals surface area contributed by atoms with Crippen LogP contribution in [0.25, 0.3) is 10.9 Å². The van der Waals surface area contributed by atoms with Gasteiger partial charge in [-0.05, 0) is 54.1 Å². The van der Waals surface area contributed by atoms with E-state index in [-0.39, 0.29) is 0 Å². The van der Waals surface area contributed by atoms with E-state index < -0.39 is 0 Å². The fraction of sp³-hybridized carbons (Fsp3) is 0.429. The lowest BCUT2D eigenvalue weighted by molar-refractivity contribution is 0.726. The number of aromatic nitrogens is 2. The molecule has 0 radical (unpaired) electrons. The minimum absolute atomic E-state index is 0.984. The van der Waals surface area contributed by atoms with Crippen LogP contribution in [0.3, 0.4) is 0 Å². The zero-order valence-electron chi connectivity index (χ0n) is 10.9. The van der Waals surface area contributed by atoms with E-state index in [0.717, 1.165) is 29.8 Å². The summed E-state index contributed by atoms with van der Waals surface area (Å²) in [6.07, 6.45) is 4.07. The lowest BCUT2D eigenvalue weighted by atomic mass is 10.2. The fourth-order valence-electron chi connectivity index (χ4n) is 2.03. The first-order chi connectivity index (χ1) is 8.76. The maximum absolute atomic E-state index is 4.48. The lowest BCUT2D eigenvalue weighted by Crippen LogP contribution is -2.25. The highest BCUT2D eigenvalue weighted by Gasteiger charge is 2.10. The van der Waals surface area contributed by atoms with E-state index in [1.54, 1.807) is 6.33 Å². The van der Waals surface area contributed by atoms with Crippen molar-refractivity contribution in [3.63, 3.8) is 0 Å². The molecule has 0 unspecified atom stereocenters. The van der Waals surface area contributed by atoms with Gasteiger partial charge in [0.1, 0.15) is 12.1 Å². The molecule has 0 amide bonds. The van der Waals surface area contributed by atoms with Crippen molar-refractivity contribution in [2.24, 2.45) is 0 Å². The van der Waals surface area contributed by atoms with Crippen LogP contribution in [-0.4, -0.2) is 23.1 Å². The molecule has 1 heterocycles. The number of benzene rings is 1. The van der Waals surface area contributed by atoms with Gasteiger partial charge in [-0.15, -0.1) is 0 Å². The topological polar surface area (TPSA) is 29.0 Å². The third-order valence-corrected chi connectivity index (χ3v) is 3.71. The summed E-state index contributed by atoms with van der Waals surface area (Å²) in [5.74, 6) is 1.06. The molecule has 0 aliphatic carbocycles. The Kier molecular flexibility index (Phi) is 4.74. The number of unbranched alkanes of at least 4 members (excludes halogenated alkanes) is 1. The molecule has 1 aromatic heterocycles. The van der Waals surface area contributed by atoms with Gasteiger partial charge in [0.2, 0.25) is 0 Å². The number of anilines is 1. The van der Waals surface area contributed by atoms with Gasteiger partial charge in [-0.2, -0.15) is 0 Å². The molecule has 3 nitrogen and oxygen atoms in total.